The lowest BCUT2D eigenvalue weighted by molar-refractivity contribution is 0.0100. The zero-order valence-electron chi connectivity index (χ0n) is 9.10. The first-order valence-corrected chi connectivity index (χ1v) is 6.06. The molecule has 2 heterocycles. The molecule has 2 rings (SSSR count). The minimum absolute atomic E-state index is 0.362. The van der Waals surface area contributed by atoms with Crippen LogP contribution in [0.5, 0.6) is 0 Å². The van der Waals surface area contributed by atoms with Gasteiger partial charge in [-0.3, -0.25) is 4.57 Å². The van der Waals surface area contributed by atoms with Gasteiger partial charge in [0.1, 0.15) is 11.5 Å². The molecule has 4 atom stereocenters. The fourth-order valence-corrected chi connectivity index (χ4v) is 3.12. The van der Waals surface area contributed by atoms with Gasteiger partial charge in [-0.1, -0.05) is 0 Å². The monoisotopic (exact) mass is 277 g/mol. The average molecular weight is 277 g/mol. The molecule has 9 heteroatoms. The third-order valence-electron chi connectivity index (χ3n) is 2.73. The lowest BCUT2D eigenvalue weighted by Gasteiger charge is -2.17. The van der Waals surface area contributed by atoms with E-state index in [9.17, 15) is 19.4 Å². The standard InChI is InChI=1S/C9H12FN3O4S/c10-3-1-13(9(17)12-7(3)11)8-6(16)5(15)4(2-14)18-8/h1,4-6,8,14-16H,2H2,(H2,11,12,17)/t4-,5-,6+,8-/m1/s1. The first-order chi connectivity index (χ1) is 8.45. The maximum absolute atomic E-state index is 13.3. The van der Waals surface area contributed by atoms with Gasteiger partial charge in [0.15, 0.2) is 11.6 Å². The highest BCUT2D eigenvalue weighted by Crippen LogP contribution is 2.40. The minimum Gasteiger partial charge on any atom is -0.395 e. The number of rotatable bonds is 2. The van der Waals surface area contributed by atoms with E-state index in [0.29, 0.717) is 0 Å². The Bertz CT molecular complexity index is 511. The van der Waals surface area contributed by atoms with Crippen molar-refractivity contribution in [3.05, 3.63) is 22.5 Å². The van der Waals surface area contributed by atoms with Gasteiger partial charge in [-0.25, -0.2) is 9.18 Å². The summed E-state index contributed by atoms with van der Waals surface area (Å²) >= 11 is 0.974. The van der Waals surface area contributed by atoms with Crippen LogP contribution in [0.25, 0.3) is 0 Å². The van der Waals surface area contributed by atoms with E-state index in [1.54, 1.807) is 0 Å². The predicted octanol–water partition coefficient (Wildman–Crippen LogP) is -1.71. The Labute approximate surface area is 105 Å². The van der Waals surface area contributed by atoms with Crippen molar-refractivity contribution < 1.29 is 19.7 Å². The summed E-state index contributed by atoms with van der Waals surface area (Å²) in [7, 11) is 0. The van der Waals surface area contributed by atoms with Crippen molar-refractivity contribution in [1.82, 2.24) is 9.55 Å². The highest BCUT2D eigenvalue weighted by Gasteiger charge is 2.43. The fourth-order valence-electron chi connectivity index (χ4n) is 1.75. The molecular weight excluding hydrogens is 265 g/mol. The second kappa shape index (κ2) is 4.84. The number of anilines is 1. The SMILES string of the molecule is Nc1nc(=O)n([C@@H]2S[C@H](CO)[C@@H](O)[C@@H]2O)cc1F. The molecule has 100 valence electrons. The highest BCUT2D eigenvalue weighted by atomic mass is 32.2. The molecule has 1 aromatic heterocycles. The van der Waals surface area contributed by atoms with Crippen molar-refractivity contribution in [2.75, 3.05) is 12.3 Å². The van der Waals surface area contributed by atoms with Crippen molar-refractivity contribution in [3.63, 3.8) is 0 Å². The van der Waals surface area contributed by atoms with Crippen LogP contribution in [0.3, 0.4) is 0 Å². The number of nitrogen functional groups attached to an aromatic ring is 1. The quantitative estimate of drug-likeness (QED) is 0.508. The molecule has 1 aliphatic rings. The summed E-state index contributed by atoms with van der Waals surface area (Å²) in [6.07, 6.45) is -1.66. The number of hydrogen-bond donors (Lipinski definition) is 4. The van der Waals surface area contributed by atoms with Gasteiger partial charge in [-0.05, 0) is 0 Å². The van der Waals surface area contributed by atoms with Crippen LogP contribution in [0.15, 0.2) is 11.0 Å². The van der Waals surface area contributed by atoms with Crippen molar-refractivity contribution in [2.45, 2.75) is 22.8 Å². The van der Waals surface area contributed by atoms with Crippen LogP contribution < -0.4 is 11.4 Å². The lowest BCUT2D eigenvalue weighted by Crippen LogP contribution is -2.36. The molecule has 0 amide bonds. The summed E-state index contributed by atoms with van der Waals surface area (Å²) in [5.41, 5.74) is 4.32. The van der Waals surface area contributed by atoms with Gasteiger partial charge in [0, 0.05) is 6.20 Å². The number of aromatic nitrogens is 2. The number of nitrogens with zero attached hydrogens (tertiary/aromatic N) is 2. The Balaban J connectivity index is 2.39. The zero-order chi connectivity index (χ0) is 13.4. The number of nitrogens with two attached hydrogens (primary N) is 1. The van der Waals surface area contributed by atoms with E-state index in [0.717, 1.165) is 22.5 Å². The Hall–Kier alpha value is -1.16. The molecule has 7 nitrogen and oxygen atoms in total. The predicted molar refractivity (Wildman–Crippen MR) is 62.4 cm³/mol. The molecule has 0 spiro atoms. The number of thioether (sulfide) groups is 1. The van der Waals surface area contributed by atoms with Gasteiger partial charge in [0.2, 0.25) is 0 Å². The van der Waals surface area contributed by atoms with Crippen LogP contribution in [-0.4, -0.2) is 48.9 Å². The van der Waals surface area contributed by atoms with Crippen molar-refractivity contribution in [3.8, 4) is 0 Å². The Kier molecular flexibility index (Phi) is 3.57. The van der Waals surface area contributed by atoms with Gasteiger partial charge < -0.3 is 21.1 Å². The van der Waals surface area contributed by atoms with E-state index >= 15 is 0 Å². The molecule has 1 aromatic rings. The van der Waals surface area contributed by atoms with E-state index < -0.39 is 40.2 Å². The Morgan fingerprint density at radius 1 is 1.50 bits per heavy atom. The van der Waals surface area contributed by atoms with Crippen molar-refractivity contribution in [2.24, 2.45) is 0 Å². The molecule has 0 saturated carbocycles. The number of hydrogen-bond acceptors (Lipinski definition) is 7. The second-order valence-corrected chi connectivity index (χ2v) is 5.25. The maximum atomic E-state index is 13.3. The molecule has 1 saturated heterocycles. The summed E-state index contributed by atoms with van der Waals surface area (Å²) in [4.78, 5) is 14.8. The summed E-state index contributed by atoms with van der Waals surface area (Å²) in [6, 6.07) is 0. The number of halogens is 1. The molecule has 0 aliphatic carbocycles. The normalized spacial score (nSPS) is 31.8. The minimum atomic E-state index is -1.30. The summed E-state index contributed by atoms with van der Waals surface area (Å²) in [5, 5.41) is 26.8. The highest BCUT2D eigenvalue weighted by molar-refractivity contribution is 8.00. The van der Waals surface area contributed by atoms with Gasteiger partial charge in [-0.15, -0.1) is 11.8 Å². The van der Waals surface area contributed by atoms with Gasteiger partial charge in [0.05, 0.1) is 18.0 Å². The lowest BCUT2D eigenvalue weighted by atomic mass is 10.1. The smallest absolute Gasteiger partial charge is 0.350 e. The second-order valence-electron chi connectivity index (χ2n) is 3.89. The van der Waals surface area contributed by atoms with E-state index in [2.05, 4.69) is 4.98 Å². The Morgan fingerprint density at radius 2 is 2.17 bits per heavy atom. The number of aliphatic hydroxyl groups is 3. The van der Waals surface area contributed by atoms with Gasteiger partial charge >= 0.3 is 5.69 Å². The summed E-state index contributed by atoms with van der Waals surface area (Å²) in [5.74, 6) is -1.41. The van der Waals surface area contributed by atoms with Crippen molar-refractivity contribution in [1.29, 1.82) is 0 Å². The molecular formula is C9H12FN3O4S. The fraction of sp³-hybridized carbons (Fsp3) is 0.556. The molecule has 1 fully saturated rings. The first-order valence-electron chi connectivity index (χ1n) is 5.12. The van der Waals surface area contributed by atoms with Crippen LogP contribution >= 0.6 is 11.8 Å². The number of aliphatic hydroxyl groups excluding tert-OH is 3. The van der Waals surface area contributed by atoms with Crippen LogP contribution in [0.1, 0.15) is 5.37 Å². The molecule has 1 aliphatic heterocycles. The molecule has 0 aromatic carbocycles. The molecule has 0 bridgehead atoms. The zero-order valence-corrected chi connectivity index (χ0v) is 9.92. The third kappa shape index (κ3) is 2.09. The van der Waals surface area contributed by atoms with Crippen molar-refractivity contribution >= 4 is 17.6 Å². The van der Waals surface area contributed by atoms with E-state index in [1.807, 2.05) is 0 Å². The van der Waals surface area contributed by atoms with Crippen LogP contribution in [0, 0.1) is 5.82 Å². The van der Waals surface area contributed by atoms with Crippen LogP contribution in [0.2, 0.25) is 0 Å². The Morgan fingerprint density at radius 3 is 2.72 bits per heavy atom. The molecule has 18 heavy (non-hydrogen) atoms. The van der Waals surface area contributed by atoms with E-state index in [-0.39, 0.29) is 6.61 Å². The summed E-state index contributed by atoms with van der Waals surface area (Å²) in [6.45, 7) is -0.362. The van der Waals surface area contributed by atoms with E-state index in [1.165, 1.54) is 0 Å². The third-order valence-corrected chi connectivity index (χ3v) is 4.29. The molecule has 0 radical (unpaired) electrons. The topological polar surface area (TPSA) is 122 Å². The molecule has 5 N–H and O–H groups in total. The van der Waals surface area contributed by atoms with Gasteiger partial charge in [0.25, 0.3) is 0 Å². The largest absolute Gasteiger partial charge is 0.395 e. The van der Waals surface area contributed by atoms with Gasteiger partial charge in [-0.2, -0.15) is 4.98 Å². The first kappa shape index (κ1) is 13.3. The maximum Gasteiger partial charge on any atom is 0.350 e. The summed E-state index contributed by atoms with van der Waals surface area (Å²) < 4.78 is 14.1. The van der Waals surface area contributed by atoms with E-state index in [4.69, 9.17) is 10.8 Å². The van der Waals surface area contributed by atoms with Crippen LogP contribution in [0.4, 0.5) is 10.2 Å². The van der Waals surface area contributed by atoms with Crippen LogP contribution in [-0.2, 0) is 0 Å². The molecule has 0 unspecified atom stereocenters. The average Bonchev–Trinajstić information content (AvgIpc) is 2.61.